The van der Waals surface area contributed by atoms with E-state index in [9.17, 15) is 0 Å². The smallest absolute Gasteiger partial charge is 0.162 e. The SMILES string of the molecule is Cc1cc(Cl)n2c(C(C)(C)C)nnc2c1. The van der Waals surface area contributed by atoms with Crippen molar-refractivity contribution in [3.05, 3.63) is 28.7 Å². The van der Waals surface area contributed by atoms with Gasteiger partial charge in [-0.15, -0.1) is 10.2 Å². The summed E-state index contributed by atoms with van der Waals surface area (Å²) in [6.45, 7) is 8.29. The molecule has 0 spiro atoms. The molecule has 0 unspecified atom stereocenters. The molecular formula is C11H14ClN3. The largest absolute Gasteiger partial charge is 0.268 e. The molecule has 15 heavy (non-hydrogen) atoms. The number of pyridine rings is 1. The highest BCUT2D eigenvalue weighted by Crippen LogP contribution is 2.24. The van der Waals surface area contributed by atoms with E-state index in [4.69, 9.17) is 11.6 Å². The first-order valence-corrected chi connectivity index (χ1v) is 5.29. The van der Waals surface area contributed by atoms with Gasteiger partial charge < -0.3 is 0 Å². The Morgan fingerprint density at radius 3 is 2.47 bits per heavy atom. The lowest BCUT2D eigenvalue weighted by Crippen LogP contribution is -2.16. The summed E-state index contributed by atoms with van der Waals surface area (Å²) in [7, 11) is 0. The summed E-state index contributed by atoms with van der Waals surface area (Å²) in [4.78, 5) is 0. The Morgan fingerprint density at radius 1 is 1.20 bits per heavy atom. The minimum Gasteiger partial charge on any atom is -0.268 e. The Labute approximate surface area is 94.1 Å². The van der Waals surface area contributed by atoms with Gasteiger partial charge in [-0.3, -0.25) is 4.40 Å². The highest BCUT2D eigenvalue weighted by Gasteiger charge is 2.22. The summed E-state index contributed by atoms with van der Waals surface area (Å²) in [6.07, 6.45) is 0. The summed E-state index contributed by atoms with van der Waals surface area (Å²) in [5.74, 6) is 0.891. The van der Waals surface area contributed by atoms with E-state index in [1.165, 1.54) is 0 Å². The predicted molar refractivity (Wildman–Crippen MR) is 61.4 cm³/mol. The second-order valence-electron chi connectivity index (χ2n) is 4.82. The third kappa shape index (κ3) is 1.72. The molecule has 0 amide bonds. The highest BCUT2D eigenvalue weighted by molar-refractivity contribution is 6.29. The monoisotopic (exact) mass is 223 g/mol. The average Bonchev–Trinajstić information content (AvgIpc) is 2.45. The van der Waals surface area contributed by atoms with Gasteiger partial charge in [-0.25, -0.2) is 0 Å². The van der Waals surface area contributed by atoms with Gasteiger partial charge in [-0.05, 0) is 24.6 Å². The van der Waals surface area contributed by atoms with Crippen LogP contribution >= 0.6 is 11.6 Å². The number of fused-ring (bicyclic) bond motifs is 1. The Balaban J connectivity index is 2.81. The van der Waals surface area contributed by atoms with Crippen LogP contribution in [-0.4, -0.2) is 14.6 Å². The van der Waals surface area contributed by atoms with Gasteiger partial charge >= 0.3 is 0 Å². The number of nitrogens with zero attached hydrogens (tertiary/aromatic N) is 3. The topological polar surface area (TPSA) is 30.2 Å². The minimum atomic E-state index is -0.0572. The molecule has 0 radical (unpaired) electrons. The molecule has 2 rings (SSSR count). The van der Waals surface area contributed by atoms with Crippen LogP contribution in [0.2, 0.25) is 5.15 Å². The fourth-order valence-electron chi connectivity index (χ4n) is 1.58. The lowest BCUT2D eigenvalue weighted by molar-refractivity contribution is 0.539. The van der Waals surface area contributed by atoms with E-state index >= 15 is 0 Å². The van der Waals surface area contributed by atoms with E-state index in [-0.39, 0.29) is 5.41 Å². The molecule has 2 aromatic rings. The van der Waals surface area contributed by atoms with Crippen LogP contribution < -0.4 is 0 Å². The van der Waals surface area contributed by atoms with Gasteiger partial charge in [0.05, 0.1) is 0 Å². The van der Waals surface area contributed by atoms with Crippen molar-refractivity contribution < 1.29 is 0 Å². The van der Waals surface area contributed by atoms with E-state index in [1.54, 1.807) is 0 Å². The molecule has 0 bridgehead atoms. The van der Waals surface area contributed by atoms with Crippen LogP contribution in [0.1, 0.15) is 32.2 Å². The van der Waals surface area contributed by atoms with E-state index in [2.05, 4.69) is 31.0 Å². The summed E-state index contributed by atoms with van der Waals surface area (Å²) in [6, 6.07) is 3.90. The molecule has 80 valence electrons. The zero-order valence-electron chi connectivity index (χ0n) is 9.37. The first kappa shape index (κ1) is 10.4. The van der Waals surface area contributed by atoms with Crippen LogP contribution in [0.15, 0.2) is 12.1 Å². The maximum absolute atomic E-state index is 6.20. The quantitative estimate of drug-likeness (QED) is 0.643. The van der Waals surface area contributed by atoms with Gasteiger partial charge in [0.25, 0.3) is 0 Å². The molecule has 3 nitrogen and oxygen atoms in total. The lowest BCUT2D eigenvalue weighted by atomic mass is 9.96. The van der Waals surface area contributed by atoms with E-state index in [0.717, 1.165) is 17.0 Å². The van der Waals surface area contributed by atoms with Crippen LogP contribution in [0.3, 0.4) is 0 Å². The van der Waals surface area contributed by atoms with Gasteiger partial charge in [0, 0.05) is 5.41 Å². The molecule has 4 heteroatoms. The maximum Gasteiger partial charge on any atom is 0.162 e. The number of halogens is 1. The van der Waals surface area contributed by atoms with Crippen LogP contribution in [-0.2, 0) is 5.41 Å². The van der Waals surface area contributed by atoms with Crippen molar-refractivity contribution in [1.82, 2.24) is 14.6 Å². The van der Waals surface area contributed by atoms with Crippen LogP contribution in [0.4, 0.5) is 0 Å². The van der Waals surface area contributed by atoms with E-state index in [1.807, 2.05) is 23.5 Å². The molecule has 0 saturated heterocycles. The van der Waals surface area contributed by atoms with Crippen molar-refractivity contribution in [2.24, 2.45) is 0 Å². The van der Waals surface area contributed by atoms with Gasteiger partial charge in [0.1, 0.15) is 11.0 Å². The molecule has 0 atom stereocenters. The third-order valence-corrected chi connectivity index (χ3v) is 2.55. The molecule has 0 aromatic carbocycles. The summed E-state index contributed by atoms with van der Waals surface area (Å²) >= 11 is 6.20. The summed E-state index contributed by atoms with van der Waals surface area (Å²) in [5, 5.41) is 9.00. The number of rotatable bonds is 0. The molecular weight excluding hydrogens is 210 g/mol. The molecule has 0 fully saturated rings. The Bertz CT molecular complexity index is 508. The van der Waals surface area contributed by atoms with Crippen molar-refractivity contribution >= 4 is 17.2 Å². The number of aryl methyl sites for hydroxylation is 1. The predicted octanol–water partition coefficient (Wildman–Crippen LogP) is 2.99. The zero-order valence-corrected chi connectivity index (χ0v) is 10.1. The van der Waals surface area contributed by atoms with Gasteiger partial charge in [-0.1, -0.05) is 32.4 Å². The third-order valence-electron chi connectivity index (χ3n) is 2.28. The second kappa shape index (κ2) is 3.20. The standard InChI is InChI=1S/C11H14ClN3/c1-7-5-8(12)15-9(6-7)13-14-10(15)11(2,3)4/h5-6H,1-4H3. The van der Waals surface area contributed by atoms with Crippen molar-refractivity contribution in [2.45, 2.75) is 33.1 Å². The van der Waals surface area contributed by atoms with Crippen LogP contribution in [0.25, 0.3) is 5.65 Å². The maximum atomic E-state index is 6.20. The molecule has 0 saturated carbocycles. The normalized spacial score (nSPS) is 12.3. The summed E-state index contributed by atoms with van der Waals surface area (Å²) in [5.41, 5.74) is 1.85. The number of aromatic nitrogens is 3. The molecule has 0 aliphatic rings. The van der Waals surface area contributed by atoms with Crippen molar-refractivity contribution in [1.29, 1.82) is 0 Å². The van der Waals surface area contributed by atoms with Crippen molar-refractivity contribution in [3.63, 3.8) is 0 Å². The zero-order chi connectivity index (χ0) is 11.2. The highest BCUT2D eigenvalue weighted by atomic mass is 35.5. The van der Waals surface area contributed by atoms with Crippen molar-refractivity contribution in [3.8, 4) is 0 Å². The van der Waals surface area contributed by atoms with E-state index in [0.29, 0.717) is 5.15 Å². The Kier molecular flexibility index (Phi) is 2.23. The minimum absolute atomic E-state index is 0.0572. The summed E-state index contributed by atoms with van der Waals surface area (Å²) < 4.78 is 1.90. The van der Waals surface area contributed by atoms with Crippen LogP contribution in [0, 0.1) is 6.92 Å². The van der Waals surface area contributed by atoms with Crippen LogP contribution in [0.5, 0.6) is 0 Å². The Morgan fingerprint density at radius 2 is 1.87 bits per heavy atom. The fourth-order valence-corrected chi connectivity index (χ4v) is 1.92. The van der Waals surface area contributed by atoms with Gasteiger partial charge in [0.2, 0.25) is 0 Å². The Hall–Kier alpha value is -1.09. The molecule has 2 heterocycles. The first-order valence-electron chi connectivity index (χ1n) is 4.91. The second-order valence-corrected chi connectivity index (χ2v) is 5.21. The van der Waals surface area contributed by atoms with Crippen molar-refractivity contribution in [2.75, 3.05) is 0 Å². The number of hydrogen-bond acceptors (Lipinski definition) is 2. The first-order chi connectivity index (χ1) is 6.89. The van der Waals surface area contributed by atoms with Gasteiger partial charge in [-0.2, -0.15) is 0 Å². The fraction of sp³-hybridized carbons (Fsp3) is 0.455. The average molecular weight is 224 g/mol. The number of hydrogen-bond donors (Lipinski definition) is 0. The molecule has 0 aliphatic heterocycles. The van der Waals surface area contributed by atoms with E-state index < -0.39 is 0 Å². The molecule has 2 aromatic heterocycles. The molecule has 0 aliphatic carbocycles. The van der Waals surface area contributed by atoms with Gasteiger partial charge in [0.15, 0.2) is 5.65 Å². The molecule has 0 N–H and O–H groups in total. The lowest BCUT2D eigenvalue weighted by Gasteiger charge is -2.16.